The molecule has 2 aromatic rings. The topological polar surface area (TPSA) is 131 Å². The zero-order valence-corrected chi connectivity index (χ0v) is 12.8. The fraction of sp³-hybridized carbons (Fsp3) is 0.0833. The third-order valence-electron chi connectivity index (χ3n) is 2.64. The molecule has 22 heavy (non-hydrogen) atoms. The summed E-state index contributed by atoms with van der Waals surface area (Å²) in [5.74, 6) is -1.38. The molecule has 8 nitrogen and oxygen atoms in total. The Morgan fingerprint density at radius 2 is 1.82 bits per heavy atom. The number of carboxylic acid groups (broad SMARTS) is 1. The number of sulfonamides is 1. The Hall–Kier alpha value is -2.33. The van der Waals surface area contributed by atoms with Crippen molar-refractivity contribution in [2.75, 3.05) is 11.0 Å². The first kappa shape index (κ1) is 16.0. The first-order valence-corrected chi connectivity index (χ1v) is 9.10. The molecule has 2 N–H and O–H groups in total. The minimum absolute atomic E-state index is 0.172. The average Bonchev–Trinajstić information content (AvgIpc) is 2.91. The van der Waals surface area contributed by atoms with Gasteiger partial charge in [-0.05, 0) is 24.3 Å². The van der Waals surface area contributed by atoms with Gasteiger partial charge in [-0.25, -0.2) is 21.6 Å². The normalized spacial score (nSPS) is 12.0. The van der Waals surface area contributed by atoms with Gasteiger partial charge in [0, 0.05) is 6.26 Å². The number of benzene rings is 1. The molecule has 0 aliphatic carbocycles. The molecule has 0 unspecified atom stereocenters. The van der Waals surface area contributed by atoms with Gasteiger partial charge < -0.3 is 9.52 Å². The molecule has 1 aromatic carbocycles. The van der Waals surface area contributed by atoms with E-state index in [0.29, 0.717) is 0 Å². The summed E-state index contributed by atoms with van der Waals surface area (Å²) in [5, 5.41) is 8.99. The molecule has 0 spiro atoms. The number of rotatable bonds is 5. The van der Waals surface area contributed by atoms with Crippen LogP contribution in [0.25, 0.3) is 0 Å². The van der Waals surface area contributed by atoms with Crippen LogP contribution < -0.4 is 4.72 Å². The minimum atomic E-state index is -4.01. The number of nitrogens with one attached hydrogen (secondary N) is 1. The number of furan rings is 1. The highest BCUT2D eigenvalue weighted by Gasteiger charge is 2.19. The van der Waals surface area contributed by atoms with E-state index in [1.807, 2.05) is 0 Å². The van der Waals surface area contributed by atoms with E-state index >= 15 is 0 Å². The van der Waals surface area contributed by atoms with E-state index in [-0.39, 0.29) is 21.0 Å². The average molecular weight is 345 g/mol. The van der Waals surface area contributed by atoms with Crippen molar-refractivity contribution in [2.45, 2.75) is 9.79 Å². The van der Waals surface area contributed by atoms with Crippen LogP contribution in [0.5, 0.6) is 0 Å². The molecule has 118 valence electrons. The van der Waals surface area contributed by atoms with E-state index in [4.69, 9.17) is 5.11 Å². The number of carboxylic acids is 1. The summed E-state index contributed by atoms with van der Waals surface area (Å²) in [4.78, 5) is 10.6. The van der Waals surface area contributed by atoms with E-state index in [1.54, 1.807) is 0 Å². The molecule has 10 heteroatoms. The van der Waals surface area contributed by atoms with Crippen molar-refractivity contribution in [1.82, 2.24) is 0 Å². The summed E-state index contributed by atoms with van der Waals surface area (Å²) in [7, 11) is -7.71. The van der Waals surface area contributed by atoms with Gasteiger partial charge in [0.15, 0.2) is 9.84 Å². The predicted octanol–water partition coefficient (Wildman–Crippen LogP) is 1.18. The second kappa shape index (κ2) is 5.46. The Morgan fingerprint density at radius 1 is 1.14 bits per heavy atom. The Labute approximate surface area is 126 Å². The van der Waals surface area contributed by atoms with Gasteiger partial charge in [0.1, 0.15) is 11.2 Å². The van der Waals surface area contributed by atoms with Crippen LogP contribution in [0.2, 0.25) is 0 Å². The summed E-state index contributed by atoms with van der Waals surface area (Å²) >= 11 is 0. The Bertz CT molecular complexity index is 912. The molecule has 0 saturated heterocycles. The maximum atomic E-state index is 12.0. The summed E-state index contributed by atoms with van der Waals surface area (Å²) in [6.07, 6.45) is 3.04. The van der Waals surface area contributed by atoms with Crippen LogP contribution >= 0.6 is 0 Å². The lowest BCUT2D eigenvalue weighted by Crippen LogP contribution is -2.13. The molecule has 1 aromatic heterocycles. The number of anilines is 1. The first-order valence-electron chi connectivity index (χ1n) is 5.73. The zero-order valence-electron chi connectivity index (χ0n) is 11.2. The third kappa shape index (κ3) is 3.46. The van der Waals surface area contributed by atoms with E-state index in [9.17, 15) is 21.6 Å². The summed E-state index contributed by atoms with van der Waals surface area (Å²) < 4.78 is 54.0. The van der Waals surface area contributed by atoms with Gasteiger partial charge in [-0.1, -0.05) is 0 Å². The quantitative estimate of drug-likeness (QED) is 0.832. The molecule has 0 bridgehead atoms. The third-order valence-corrected chi connectivity index (χ3v) is 5.09. The molecule has 1 heterocycles. The lowest BCUT2D eigenvalue weighted by molar-refractivity contribution is 0.0696. The monoisotopic (exact) mass is 345 g/mol. The molecule has 0 radical (unpaired) electrons. The maximum Gasteiger partial charge on any atom is 0.335 e. The second-order valence-electron chi connectivity index (χ2n) is 4.39. The van der Waals surface area contributed by atoms with Crippen molar-refractivity contribution in [2.24, 2.45) is 0 Å². The van der Waals surface area contributed by atoms with Gasteiger partial charge in [0.25, 0.3) is 10.0 Å². The van der Waals surface area contributed by atoms with Crippen molar-refractivity contribution in [3.05, 3.63) is 42.4 Å². The van der Waals surface area contributed by atoms with Gasteiger partial charge in [0.05, 0.1) is 22.4 Å². The van der Waals surface area contributed by atoms with Gasteiger partial charge in [-0.3, -0.25) is 4.72 Å². The van der Waals surface area contributed by atoms with Crippen molar-refractivity contribution < 1.29 is 31.2 Å². The number of carbonyl (C=O) groups is 1. The summed E-state index contributed by atoms with van der Waals surface area (Å²) in [5.41, 5.74) is -0.533. The number of hydrogen-bond acceptors (Lipinski definition) is 6. The van der Waals surface area contributed by atoms with Crippen LogP contribution in [0, 0.1) is 0 Å². The Morgan fingerprint density at radius 3 is 2.32 bits per heavy atom. The first-order chi connectivity index (χ1) is 10.1. The molecule has 0 aliphatic rings. The van der Waals surface area contributed by atoms with Crippen LogP contribution in [0.1, 0.15) is 10.4 Å². The number of hydrogen-bond donors (Lipinski definition) is 2. The molecule has 0 fully saturated rings. The fourth-order valence-corrected chi connectivity index (χ4v) is 3.26. The standard InChI is InChI=1S/C12H11NO7S2/c1-21(16,17)11-5-8(12(14)15)4-9(6-11)13-22(18,19)10-2-3-20-7-10/h2-7,13H,1H3,(H,14,15). The smallest absolute Gasteiger partial charge is 0.335 e. The molecule has 0 saturated carbocycles. The second-order valence-corrected chi connectivity index (χ2v) is 8.09. The van der Waals surface area contributed by atoms with E-state index in [0.717, 1.165) is 37.0 Å². The van der Waals surface area contributed by atoms with Crippen LogP contribution in [-0.2, 0) is 19.9 Å². The molecule has 2 rings (SSSR count). The van der Waals surface area contributed by atoms with Crippen LogP contribution in [0.3, 0.4) is 0 Å². The lowest BCUT2D eigenvalue weighted by Gasteiger charge is -2.09. The maximum absolute atomic E-state index is 12.0. The zero-order chi connectivity index (χ0) is 16.5. The molecule has 0 aliphatic heterocycles. The molecule has 0 atom stereocenters. The van der Waals surface area contributed by atoms with Gasteiger partial charge in [-0.2, -0.15) is 0 Å². The molecular weight excluding hydrogens is 334 g/mol. The van der Waals surface area contributed by atoms with Crippen molar-refractivity contribution in [3.8, 4) is 0 Å². The van der Waals surface area contributed by atoms with Gasteiger partial charge >= 0.3 is 5.97 Å². The van der Waals surface area contributed by atoms with Crippen LogP contribution in [0.15, 0.2) is 51.0 Å². The summed E-state index contributed by atoms with van der Waals surface area (Å²) in [6, 6.07) is 4.21. The Balaban J connectivity index is 2.52. The largest absolute Gasteiger partial charge is 0.478 e. The number of sulfone groups is 1. The van der Waals surface area contributed by atoms with Gasteiger partial charge in [-0.15, -0.1) is 0 Å². The van der Waals surface area contributed by atoms with E-state index in [2.05, 4.69) is 9.14 Å². The lowest BCUT2D eigenvalue weighted by atomic mass is 10.2. The molecule has 0 amide bonds. The van der Waals surface area contributed by atoms with Crippen LogP contribution in [0.4, 0.5) is 5.69 Å². The van der Waals surface area contributed by atoms with E-state index < -0.39 is 25.8 Å². The minimum Gasteiger partial charge on any atom is -0.478 e. The molecular formula is C12H11NO7S2. The highest BCUT2D eigenvalue weighted by molar-refractivity contribution is 7.92. The summed E-state index contributed by atoms with van der Waals surface area (Å²) in [6.45, 7) is 0. The Kier molecular flexibility index (Phi) is 3.98. The van der Waals surface area contributed by atoms with E-state index in [1.165, 1.54) is 6.07 Å². The fourth-order valence-electron chi connectivity index (χ4n) is 1.61. The van der Waals surface area contributed by atoms with Crippen molar-refractivity contribution in [3.63, 3.8) is 0 Å². The van der Waals surface area contributed by atoms with Crippen LogP contribution in [-0.4, -0.2) is 34.2 Å². The van der Waals surface area contributed by atoms with Crippen molar-refractivity contribution >= 4 is 31.5 Å². The number of aromatic carboxylic acids is 1. The highest BCUT2D eigenvalue weighted by atomic mass is 32.2. The highest BCUT2D eigenvalue weighted by Crippen LogP contribution is 2.22. The van der Waals surface area contributed by atoms with Gasteiger partial charge in [0.2, 0.25) is 0 Å². The van der Waals surface area contributed by atoms with Crippen molar-refractivity contribution in [1.29, 1.82) is 0 Å². The SMILES string of the molecule is CS(=O)(=O)c1cc(NS(=O)(=O)c2ccoc2)cc(C(=O)O)c1. The predicted molar refractivity (Wildman–Crippen MR) is 76.0 cm³/mol.